The summed E-state index contributed by atoms with van der Waals surface area (Å²) in [6.45, 7) is 3.82. The number of hydrogen-bond acceptors (Lipinski definition) is 6. The summed E-state index contributed by atoms with van der Waals surface area (Å²) in [5.41, 5.74) is 1.43. The highest BCUT2D eigenvalue weighted by molar-refractivity contribution is 5.97. The smallest absolute Gasteiger partial charge is 0.409 e. The quantitative estimate of drug-likeness (QED) is 0.709. The predicted molar refractivity (Wildman–Crippen MR) is 113 cm³/mol. The maximum Gasteiger partial charge on any atom is 0.409 e. The Labute approximate surface area is 181 Å². The topological polar surface area (TPSA) is 92.1 Å². The van der Waals surface area contributed by atoms with E-state index in [2.05, 4.69) is 6.07 Å². The van der Waals surface area contributed by atoms with Crippen LogP contribution in [-0.4, -0.2) is 61.7 Å². The Kier molecular flexibility index (Phi) is 7.33. The van der Waals surface area contributed by atoms with Gasteiger partial charge in [0.05, 0.1) is 24.8 Å². The van der Waals surface area contributed by atoms with E-state index in [-0.39, 0.29) is 23.1 Å². The standard InChI is InChI=1S/C23H25N3O5/c1-3-30-23(28)26-11-9-25(10-12-26)22(27)19-14-21(20(29-2)13-18(19)15-24)31-16-17-7-5-4-6-8-17/h4-8,13-14H,3,9-12,16H2,1-2H3. The van der Waals surface area contributed by atoms with E-state index in [1.807, 2.05) is 30.3 Å². The van der Waals surface area contributed by atoms with E-state index in [4.69, 9.17) is 14.2 Å². The molecule has 0 aromatic heterocycles. The van der Waals surface area contributed by atoms with E-state index in [9.17, 15) is 14.9 Å². The zero-order valence-corrected chi connectivity index (χ0v) is 17.7. The zero-order valence-electron chi connectivity index (χ0n) is 17.7. The van der Waals surface area contributed by atoms with Crippen molar-refractivity contribution >= 4 is 12.0 Å². The number of nitrogens with zero attached hydrogens (tertiary/aromatic N) is 3. The van der Waals surface area contributed by atoms with Gasteiger partial charge < -0.3 is 24.0 Å². The number of benzene rings is 2. The highest BCUT2D eigenvalue weighted by Crippen LogP contribution is 2.32. The van der Waals surface area contributed by atoms with E-state index in [0.717, 1.165) is 5.56 Å². The van der Waals surface area contributed by atoms with Crippen LogP contribution >= 0.6 is 0 Å². The minimum Gasteiger partial charge on any atom is -0.493 e. The van der Waals surface area contributed by atoms with Crippen molar-refractivity contribution in [2.75, 3.05) is 39.9 Å². The Bertz CT molecular complexity index is 963. The molecule has 0 spiro atoms. The Balaban J connectivity index is 1.77. The third kappa shape index (κ3) is 5.25. The lowest BCUT2D eigenvalue weighted by Crippen LogP contribution is -2.50. The highest BCUT2D eigenvalue weighted by Gasteiger charge is 2.28. The van der Waals surface area contributed by atoms with Gasteiger partial charge in [-0.3, -0.25) is 4.79 Å². The largest absolute Gasteiger partial charge is 0.493 e. The molecule has 1 fully saturated rings. The zero-order chi connectivity index (χ0) is 22.2. The second-order valence-electron chi connectivity index (χ2n) is 6.91. The van der Waals surface area contributed by atoms with Gasteiger partial charge in [0.25, 0.3) is 5.91 Å². The molecular formula is C23H25N3O5. The van der Waals surface area contributed by atoms with Gasteiger partial charge >= 0.3 is 6.09 Å². The van der Waals surface area contributed by atoms with Gasteiger partial charge in [0.15, 0.2) is 11.5 Å². The van der Waals surface area contributed by atoms with Crippen molar-refractivity contribution < 1.29 is 23.8 Å². The Morgan fingerprint density at radius 3 is 2.32 bits per heavy atom. The summed E-state index contributed by atoms with van der Waals surface area (Å²) in [4.78, 5) is 28.2. The summed E-state index contributed by atoms with van der Waals surface area (Å²) >= 11 is 0. The molecule has 1 aliphatic rings. The molecule has 0 N–H and O–H groups in total. The molecule has 0 unspecified atom stereocenters. The van der Waals surface area contributed by atoms with Gasteiger partial charge in [-0.1, -0.05) is 30.3 Å². The van der Waals surface area contributed by atoms with E-state index < -0.39 is 0 Å². The van der Waals surface area contributed by atoms with Gasteiger partial charge in [-0.15, -0.1) is 0 Å². The Morgan fingerprint density at radius 1 is 1.03 bits per heavy atom. The normalized spacial score (nSPS) is 13.3. The first-order valence-electron chi connectivity index (χ1n) is 10.1. The van der Waals surface area contributed by atoms with Crippen LogP contribution in [0.4, 0.5) is 4.79 Å². The third-order valence-electron chi connectivity index (χ3n) is 4.98. The molecule has 8 nitrogen and oxygen atoms in total. The fourth-order valence-corrected chi connectivity index (χ4v) is 3.31. The van der Waals surface area contributed by atoms with Gasteiger partial charge in [-0.05, 0) is 18.6 Å². The second-order valence-corrected chi connectivity index (χ2v) is 6.91. The fraction of sp³-hybridized carbons (Fsp3) is 0.348. The number of carbonyl (C=O) groups excluding carboxylic acids is 2. The van der Waals surface area contributed by atoms with Crippen LogP contribution in [0.15, 0.2) is 42.5 Å². The van der Waals surface area contributed by atoms with Crippen LogP contribution in [0.2, 0.25) is 0 Å². The monoisotopic (exact) mass is 423 g/mol. The molecule has 0 radical (unpaired) electrons. The molecule has 2 amide bonds. The predicted octanol–water partition coefficient (Wildman–Crippen LogP) is 3.06. The summed E-state index contributed by atoms with van der Waals surface area (Å²) in [5.74, 6) is 0.488. The number of nitriles is 1. The molecule has 1 heterocycles. The SMILES string of the molecule is CCOC(=O)N1CCN(C(=O)c2cc(OCc3ccccc3)c(OC)cc2C#N)CC1. The molecular weight excluding hydrogens is 398 g/mol. The lowest BCUT2D eigenvalue weighted by Gasteiger charge is -2.34. The molecule has 2 aromatic rings. The van der Waals surface area contributed by atoms with Crippen LogP contribution in [0.5, 0.6) is 11.5 Å². The summed E-state index contributed by atoms with van der Waals surface area (Å²) in [7, 11) is 1.49. The number of rotatable bonds is 6. The summed E-state index contributed by atoms with van der Waals surface area (Å²) < 4.78 is 16.3. The molecule has 2 aromatic carbocycles. The van der Waals surface area contributed by atoms with E-state index in [0.29, 0.717) is 50.9 Å². The first-order valence-corrected chi connectivity index (χ1v) is 10.1. The molecule has 3 rings (SSSR count). The Hall–Kier alpha value is -3.73. The molecule has 1 aliphatic heterocycles. The van der Waals surface area contributed by atoms with Crippen LogP contribution in [0.1, 0.15) is 28.4 Å². The van der Waals surface area contributed by atoms with Crippen LogP contribution in [0.3, 0.4) is 0 Å². The summed E-state index contributed by atoms with van der Waals surface area (Å²) in [5, 5.41) is 9.57. The molecule has 8 heteroatoms. The maximum atomic E-state index is 13.2. The maximum absolute atomic E-state index is 13.2. The van der Waals surface area contributed by atoms with Crippen LogP contribution < -0.4 is 9.47 Å². The van der Waals surface area contributed by atoms with Gasteiger partial charge in [-0.25, -0.2) is 4.79 Å². The van der Waals surface area contributed by atoms with Crippen molar-refractivity contribution in [2.45, 2.75) is 13.5 Å². The van der Waals surface area contributed by atoms with Crippen LogP contribution in [0.25, 0.3) is 0 Å². The number of piperazine rings is 1. The number of carbonyl (C=O) groups is 2. The molecule has 0 atom stereocenters. The highest BCUT2D eigenvalue weighted by atomic mass is 16.6. The van der Waals surface area contributed by atoms with Gasteiger partial charge in [0, 0.05) is 32.2 Å². The summed E-state index contributed by atoms with van der Waals surface area (Å²) in [6, 6.07) is 14.8. The molecule has 0 aliphatic carbocycles. The van der Waals surface area contributed by atoms with Gasteiger partial charge in [-0.2, -0.15) is 5.26 Å². The third-order valence-corrected chi connectivity index (χ3v) is 4.98. The van der Waals surface area contributed by atoms with Crippen LogP contribution in [0, 0.1) is 11.3 Å². The first-order chi connectivity index (χ1) is 15.1. The van der Waals surface area contributed by atoms with E-state index in [1.165, 1.54) is 13.2 Å². The minimum absolute atomic E-state index is 0.210. The van der Waals surface area contributed by atoms with Crippen LogP contribution in [-0.2, 0) is 11.3 Å². The van der Waals surface area contributed by atoms with Crippen molar-refractivity contribution in [1.82, 2.24) is 9.80 Å². The van der Waals surface area contributed by atoms with Crippen molar-refractivity contribution in [2.24, 2.45) is 0 Å². The van der Waals surface area contributed by atoms with Gasteiger partial charge in [0.2, 0.25) is 0 Å². The van der Waals surface area contributed by atoms with Crippen molar-refractivity contribution in [1.29, 1.82) is 5.26 Å². The number of ether oxygens (including phenoxy) is 3. The van der Waals surface area contributed by atoms with Gasteiger partial charge in [0.1, 0.15) is 12.7 Å². The van der Waals surface area contributed by atoms with E-state index in [1.54, 1.807) is 22.8 Å². The molecule has 0 bridgehead atoms. The van der Waals surface area contributed by atoms with Crippen molar-refractivity contribution in [3.05, 3.63) is 59.2 Å². The minimum atomic E-state index is -0.381. The molecule has 162 valence electrons. The fourth-order valence-electron chi connectivity index (χ4n) is 3.31. The first kappa shape index (κ1) is 22.0. The molecule has 1 saturated heterocycles. The van der Waals surface area contributed by atoms with E-state index >= 15 is 0 Å². The molecule has 31 heavy (non-hydrogen) atoms. The average Bonchev–Trinajstić information content (AvgIpc) is 2.82. The number of methoxy groups -OCH3 is 1. The summed E-state index contributed by atoms with van der Waals surface area (Å²) in [6.07, 6.45) is -0.381. The number of amides is 2. The lowest BCUT2D eigenvalue weighted by atomic mass is 10.1. The average molecular weight is 423 g/mol. The molecule has 0 saturated carbocycles. The number of hydrogen-bond donors (Lipinski definition) is 0. The lowest BCUT2D eigenvalue weighted by molar-refractivity contribution is 0.0570. The Morgan fingerprint density at radius 2 is 1.71 bits per heavy atom. The second kappa shape index (κ2) is 10.3. The van der Waals surface area contributed by atoms with Crippen molar-refractivity contribution in [3.63, 3.8) is 0 Å². The van der Waals surface area contributed by atoms with Crippen molar-refractivity contribution in [3.8, 4) is 17.6 Å².